The molecule has 0 saturated heterocycles. The Balaban J connectivity index is 2.43. The van der Waals surface area contributed by atoms with Crippen LogP contribution in [0.1, 0.15) is 31.8 Å². The fourth-order valence-corrected chi connectivity index (χ4v) is 2.90. The van der Waals surface area contributed by atoms with Crippen molar-refractivity contribution in [3.05, 3.63) is 70.8 Å². The minimum Gasteiger partial charge on any atom is -0.386 e. The molecule has 2 aromatic rings. The fraction of sp³-hybridized carbons (Fsp3) is 0.176. The highest BCUT2D eigenvalue weighted by atomic mass is 19.4. The minimum absolute atomic E-state index is 0.352. The molecular formula is C17H8F6O3. The van der Waals surface area contributed by atoms with Gasteiger partial charge in [0, 0.05) is 0 Å². The lowest BCUT2D eigenvalue weighted by atomic mass is 9.72. The molecule has 3 nitrogen and oxygen atoms in total. The standard InChI is InChI=1S/C17H8F6O3/c18-16(19,20)15(17(21,22)23)11-5-1-9(2-6-11)13(24)26-14(25)10-3-7-12(15)8-4-10/h1-8H. The summed E-state index contributed by atoms with van der Waals surface area (Å²) in [7, 11) is 0. The molecule has 4 bridgehead atoms. The zero-order valence-electron chi connectivity index (χ0n) is 12.6. The first-order valence-corrected chi connectivity index (χ1v) is 7.09. The van der Waals surface area contributed by atoms with Gasteiger partial charge >= 0.3 is 24.3 Å². The maximum atomic E-state index is 13.8. The molecule has 0 radical (unpaired) electrons. The lowest BCUT2D eigenvalue weighted by Gasteiger charge is -2.38. The quantitative estimate of drug-likeness (QED) is 0.390. The number of rotatable bonds is 0. The third kappa shape index (κ3) is 2.46. The minimum atomic E-state index is -5.73. The van der Waals surface area contributed by atoms with E-state index < -0.39 is 40.8 Å². The van der Waals surface area contributed by atoms with Gasteiger partial charge in [0.25, 0.3) is 0 Å². The summed E-state index contributed by atoms with van der Waals surface area (Å²) >= 11 is 0. The third-order valence-electron chi connectivity index (χ3n) is 4.14. The maximum absolute atomic E-state index is 13.8. The fourth-order valence-electron chi connectivity index (χ4n) is 2.90. The van der Waals surface area contributed by atoms with Gasteiger partial charge in [0.15, 0.2) is 0 Å². The van der Waals surface area contributed by atoms with Crippen molar-refractivity contribution >= 4 is 11.9 Å². The highest BCUT2D eigenvalue weighted by molar-refractivity contribution is 6.02. The number of halogens is 6. The molecule has 0 aliphatic carbocycles. The maximum Gasteiger partial charge on any atom is 0.411 e. The summed E-state index contributed by atoms with van der Waals surface area (Å²) in [4.78, 5) is 23.6. The SMILES string of the molecule is O=C1OC(=O)c2ccc(cc2)C(C(F)(F)F)(C(F)(F)F)c2ccc1cc2. The molecule has 2 aromatic carbocycles. The van der Waals surface area contributed by atoms with Gasteiger partial charge in [0.05, 0.1) is 11.1 Å². The van der Waals surface area contributed by atoms with Crippen molar-refractivity contribution in [2.75, 3.05) is 0 Å². The van der Waals surface area contributed by atoms with Gasteiger partial charge in [-0.25, -0.2) is 9.59 Å². The predicted octanol–water partition coefficient (Wildman–Crippen LogP) is 4.41. The number of hydrogen-bond donors (Lipinski definition) is 0. The Morgan fingerprint density at radius 1 is 0.615 bits per heavy atom. The van der Waals surface area contributed by atoms with Gasteiger partial charge in [-0.1, -0.05) is 24.3 Å². The second-order valence-corrected chi connectivity index (χ2v) is 5.58. The number of esters is 2. The molecule has 136 valence electrons. The number of alkyl halides is 6. The summed E-state index contributed by atoms with van der Waals surface area (Å²) < 4.78 is 87.4. The average molecular weight is 374 g/mol. The summed E-state index contributed by atoms with van der Waals surface area (Å²) in [6.45, 7) is 0. The van der Waals surface area contributed by atoms with E-state index in [1.54, 1.807) is 0 Å². The van der Waals surface area contributed by atoms with E-state index in [1.165, 1.54) is 0 Å². The second kappa shape index (κ2) is 5.58. The molecule has 0 unspecified atom stereocenters. The predicted molar refractivity (Wildman–Crippen MR) is 75.5 cm³/mol. The van der Waals surface area contributed by atoms with Crippen LogP contribution in [-0.2, 0) is 10.2 Å². The Labute approximate surface area is 142 Å². The van der Waals surface area contributed by atoms with Crippen molar-refractivity contribution in [1.82, 2.24) is 0 Å². The van der Waals surface area contributed by atoms with Crippen LogP contribution in [0.4, 0.5) is 26.3 Å². The summed E-state index contributed by atoms with van der Waals surface area (Å²) in [6.07, 6.45) is -11.5. The largest absolute Gasteiger partial charge is 0.411 e. The molecule has 0 amide bonds. The van der Waals surface area contributed by atoms with Gasteiger partial charge in [-0.3, -0.25) is 0 Å². The molecule has 4 heterocycles. The molecule has 9 heteroatoms. The molecule has 4 aliphatic rings. The zero-order valence-corrected chi connectivity index (χ0v) is 12.6. The molecule has 0 aromatic heterocycles. The van der Waals surface area contributed by atoms with E-state index in [1.807, 2.05) is 0 Å². The van der Waals surface area contributed by atoms with Gasteiger partial charge in [-0.15, -0.1) is 0 Å². The first kappa shape index (κ1) is 18.0. The molecule has 0 N–H and O–H groups in total. The molecular weight excluding hydrogens is 366 g/mol. The Kier molecular flexibility index (Phi) is 3.86. The number of carbonyl (C=O) groups is 2. The van der Waals surface area contributed by atoms with E-state index >= 15 is 0 Å². The summed E-state index contributed by atoms with van der Waals surface area (Å²) in [6, 6.07) is 5.23. The first-order valence-electron chi connectivity index (χ1n) is 7.09. The zero-order chi connectivity index (χ0) is 19.3. The molecule has 0 saturated carbocycles. The van der Waals surface area contributed by atoms with Crippen LogP contribution < -0.4 is 0 Å². The van der Waals surface area contributed by atoms with E-state index in [0.717, 1.165) is 24.3 Å². The Bertz CT molecular complexity index is 790. The summed E-state index contributed by atoms with van der Waals surface area (Å²) in [5.74, 6) is -2.37. The van der Waals surface area contributed by atoms with Crippen molar-refractivity contribution in [3.63, 3.8) is 0 Å². The van der Waals surface area contributed by atoms with E-state index in [2.05, 4.69) is 4.74 Å². The van der Waals surface area contributed by atoms with Crippen LogP contribution in [-0.4, -0.2) is 24.3 Å². The Hall–Kier alpha value is -2.84. The molecule has 0 fully saturated rings. The van der Waals surface area contributed by atoms with Crippen LogP contribution in [0.5, 0.6) is 0 Å². The van der Waals surface area contributed by atoms with E-state index in [0.29, 0.717) is 24.3 Å². The first-order chi connectivity index (χ1) is 12.0. The smallest absolute Gasteiger partial charge is 0.386 e. The van der Waals surface area contributed by atoms with Crippen LogP contribution in [0.15, 0.2) is 48.5 Å². The lowest BCUT2D eigenvalue weighted by molar-refractivity contribution is -0.288. The van der Waals surface area contributed by atoms with Crippen LogP contribution >= 0.6 is 0 Å². The third-order valence-corrected chi connectivity index (χ3v) is 4.14. The van der Waals surface area contributed by atoms with E-state index in [4.69, 9.17) is 0 Å². The molecule has 4 aliphatic heterocycles. The van der Waals surface area contributed by atoms with Crippen LogP contribution in [0.3, 0.4) is 0 Å². The lowest BCUT2D eigenvalue weighted by Crippen LogP contribution is -2.54. The van der Waals surface area contributed by atoms with Gasteiger partial charge in [-0.05, 0) is 35.4 Å². The number of ether oxygens (including phenoxy) is 1. The number of hydrogen-bond acceptors (Lipinski definition) is 3. The van der Waals surface area contributed by atoms with E-state index in [-0.39, 0.29) is 11.1 Å². The normalized spacial score (nSPS) is 16.8. The highest BCUT2D eigenvalue weighted by Crippen LogP contribution is 2.56. The van der Waals surface area contributed by atoms with Gasteiger partial charge in [0.2, 0.25) is 5.41 Å². The van der Waals surface area contributed by atoms with Gasteiger partial charge in [0.1, 0.15) is 0 Å². The molecule has 0 atom stereocenters. The second-order valence-electron chi connectivity index (χ2n) is 5.58. The van der Waals surface area contributed by atoms with Crippen LogP contribution in [0.2, 0.25) is 0 Å². The van der Waals surface area contributed by atoms with Crippen molar-refractivity contribution in [2.45, 2.75) is 17.8 Å². The van der Waals surface area contributed by atoms with Crippen LogP contribution in [0.25, 0.3) is 0 Å². The van der Waals surface area contributed by atoms with Crippen LogP contribution in [0, 0.1) is 0 Å². The topological polar surface area (TPSA) is 43.4 Å². The Morgan fingerprint density at radius 2 is 0.923 bits per heavy atom. The molecule has 0 spiro atoms. The average Bonchev–Trinajstić information content (AvgIpc) is 2.53. The van der Waals surface area contributed by atoms with Crippen molar-refractivity contribution in [2.24, 2.45) is 0 Å². The van der Waals surface area contributed by atoms with Gasteiger partial charge in [-0.2, -0.15) is 26.3 Å². The monoisotopic (exact) mass is 374 g/mol. The van der Waals surface area contributed by atoms with Crippen molar-refractivity contribution < 1.29 is 40.7 Å². The van der Waals surface area contributed by atoms with E-state index in [9.17, 15) is 35.9 Å². The van der Waals surface area contributed by atoms with Crippen molar-refractivity contribution in [3.8, 4) is 0 Å². The number of carbonyl (C=O) groups excluding carboxylic acids is 2. The number of benzene rings is 2. The molecule has 6 rings (SSSR count). The highest BCUT2D eigenvalue weighted by Gasteiger charge is 2.72. The molecule has 26 heavy (non-hydrogen) atoms. The summed E-state index contributed by atoms with van der Waals surface area (Å²) in [5.41, 5.74) is -7.23. The summed E-state index contributed by atoms with van der Waals surface area (Å²) in [5, 5.41) is 0. The van der Waals surface area contributed by atoms with Gasteiger partial charge < -0.3 is 4.74 Å². The Morgan fingerprint density at radius 3 is 1.19 bits per heavy atom. The van der Waals surface area contributed by atoms with Crippen molar-refractivity contribution in [1.29, 1.82) is 0 Å².